The van der Waals surface area contributed by atoms with Crippen molar-refractivity contribution < 1.29 is 14.3 Å². The smallest absolute Gasteiger partial charge is 0.257 e. The number of nitrogens with one attached hydrogen (secondary N) is 2. The number of rotatable bonds is 7. The molecule has 3 aromatic rings. The summed E-state index contributed by atoms with van der Waals surface area (Å²) in [6.07, 6.45) is 0. The highest BCUT2D eigenvalue weighted by Gasteiger charge is 2.11. The lowest BCUT2D eigenvalue weighted by Gasteiger charge is -2.13. The number of carbonyl (C=O) groups excluding carboxylic acids is 1. The second kappa shape index (κ2) is 8.76. The summed E-state index contributed by atoms with van der Waals surface area (Å²) in [6, 6.07) is 22.5. The van der Waals surface area contributed by atoms with Crippen LogP contribution in [-0.2, 0) is 6.54 Å². The molecule has 0 radical (unpaired) electrons. The molecule has 0 unspecified atom stereocenters. The lowest BCUT2D eigenvalue weighted by Crippen LogP contribution is -2.14. The van der Waals surface area contributed by atoms with E-state index in [1.807, 2.05) is 66.7 Å². The Morgan fingerprint density at radius 2 is 1.59 bits per heavy atom. The van der Waals surface area contributed by atoms with Crippen LogP contribution < -0.4 is 20.1 Å². The minimum absolute atomic E-state index is 0.172. The van der Waals surface area contributed by atoms with Gasteiger partial charge in [0.15, 0.2) is 0 Å². The third kappa shape index (κ3) is 4.79. The zero-order chi connectivity index (χ0) is 19.1. The van der Waals surface area contributed by atoms with Gasteiger partial charge in [-0.2, -0.15) is 0 Å². The number of para-hydroxylation sites is 1. The number of amides is 1. The maximum absolute atomic E-state index is 12.7. The number of hydrogen-bond donors (Lipinski definition) is 2. The quantitative estimate of drug-likeness (QED) is 0.646. The molecule has 0 fully saturated rings. The van der Waals surface area contributed by atoms with Crippen molar-refractivity contribution in [1.29, 1.82) is 0 Å². The maximum Gasteiger partial charge on any atom is 0.257 e. The summed E-state index contributed by atoms with van der Waals surface area (Å²) in [5.41, 5.74) is 3.13. The molecule has 5 nitrogen and oxygen atoms in total. The average molecular weight is 362 g/mol. The van der Waals surface area contributed by atoms with E-state index in [4.69, 9.17) is 9.47 Å². The van der Waals surface area contributed by atoms with Crippen LogP contribution in [0.25, 0.3) is 0 Å². The molecule has 0 saturated carbocycles. The monoisotopic (exact) mass is 362 g/mol. The van der Waals surface area contributed by atoms with E-state index < -0.39 is 0 Å². The Balaban J connectivity index is 1.71. The SMILES string of the molecule is COc1ccc(NC(=O)c2ccccc2NCc2cccc(OC)c2)cc1. The van der Waals surface area contributed by atoms with Gasteiger partial charge in [-0.05, 0) is 54.1 Å². The summed E-state index contributed by atoms with van der Waals surface area (Å²) >= 11 is 0. The first-order valence-electron chi connectivity index (χ1n) is 8.61. The Morgan fingerprint density at radius 3 is 2.33 bits per heavy atom. The van der Waals surface area contributed by atoms with Gasteiger partial charge in [-0.15, -0.1) is 0 Å². The molecule has 2 N–H and O–H groups in total. The van der Waals surface area contributed by atoms with Crippen LogP contribution in [0.5, 0.6) is 11.5 Å². The lowest BCUT2D eigenvalue weighted by atomic mass is 10.1. The van der Waals surface area contributed by atoms with E-state index >= 15 is 0 Å². The van der Waals surface area contributed by atoms with Gasteiger partial charge in [0.25, 0.3) is 5.91 Å². The van der Waals surface area contributed by atoms with Gasteiger partial charge in [-0.3, -0.25) is 4.79 Å². The van der Waals surface area contributed by atoms with E-state index in [1.165, 1.54) is 0 Å². The van der Waals surface area contributed by atoms with Crippen molar-refractivity contribution in [2.45, 2.75) is 6.54 Å². The Morgan fingerprint density at radius 1 is 0.852 bits per heavy atom. The summed E-state index contributed by atoms with van der Waals surface area (Å²) in [5, 5.41) is 6.24. The van der Waals surface area contributed by atoms with E-state index in [9.17, 15) is 4.79 Å². The Bertz CT molecular complexity index is 907. The molecule has 0 aliphatic rings. The highest BCUT2D eigenvalue weighted by molar-refractivity contribution is 6.08. The molecule has 0 heterocycles. The van der Waals surface area contributed by atoms with E-state index in [-0.39, 0.29) is 5.91 Å². The minimum atomic E-state index is -0.172. The molecular formula is C22H22N2O3. The fraction of sp³-hybridized carbons (Fsp3) is 0.136. The molecule has 0 atom stereocenters. The van der Waals surface area contributed by atoms with Crippen molar-refractivity contribution in [3.63, 3.8) is 0 Å². The number of anilines is 2. The minimum Gasteiger partial charge on any atom is -0.497 e. The number of benzene rings is 3. The summed E-state index contributed by atoms with van der Waals surface area (Å²) in [4.78, 5) is 12.7. The van der Waals surface area contributed by atoms with Crippen LogP contribution in [0.3, 0.4) is 0 Å². The summed E-state index contributed by atoms with van der Waals surface area (Å²) < 4.78 is 10.4. The Kier molecular flexibility index (Phi) is 5.94. The van der Waals surface area contributed by atoms with E-state index in [2.05, 4.69) is 10.6 Å². The van der Waals surface area contributed by atoms with Gasteiger partial charge in [0.1, 0.15) is 11.5 Å². The average Bonchev–Trinajstić information content (AvgIpc) is 2.73. The molecule has 138 valence electrons. The molecule has 27 heavy (non-hydrogen) atoms. The van der Waals surface area contributed by atoms with Crippen molar-refractivity contribution in [2.24, 2.45) is 0 Å². The summed E-state index contributed by atoms with van der Waals surface area (Å²) in [6.45, 7) is 0.587. The molecule has 0 spiro atoms. The lowest BCUT2D eigenvalue weighted by molar-refractivity contribution is 0.102. The van der Waals surface area contributed by atoms with Crippen LogP contribution in [0.2, 0.25) is 0 Å². The molecule has 3 rings (SSSR count). The molecular weight excluding hydrogens is 340 g/mol. The fourth-order valence-corrected chi connectivity index (χ4v) is 2.69. The molecule has 0 bridgehead atoms. The van der Waals surface area contributed by atoms with Gasteiger partial charge >= 0.3 is 0 Å². The second-order valence-corrected chi connectivity index (χ2v) is 5.93. The number of hydrogen-bond acceptors (Lipinski definition) is 4. The van der Waals surface area contributed by atoms with Crippen molar-refractivity contribution >= 4 is 17.3 Å². The van der Waals surface area contributed by atoms with Gasteiger partial charge in [0.2, 0.25) is 0 Å². The van der Waals surface area contributed by atoms with Crippen LogP contribution in [0, 0.1) is 0 Å². The highest BCUT2D eigenvalue weighted by Crippen LogP contribution is 2.21. The third-order valence-corrected chi connectivity index (χ3v) is 4.14. The second-order valence-electron chi connectivity index (χ2n) is 5.93. The summed E-state index contributed by atoms with van der Waals surface area (Å²) in [7, 11) is 3.25. The third-order valence-electron chi connectivity index (χ3n) is 4.14. The molecule has 3 aromatic carbocycles. The first-order chi connectivity index (χ1) is 13.2. The standard InChI is InChI=1S/C22H22N2O3/c1-26-18-12-10-17(11-13-18)24-22(25)20-8-3-4-9-21(20)23-15-16-6-5-7-19(14-16)27-2/h3-14,23H,15H2,1-2H3,(H,24,25). The van der Waals surface area contributed by atoms with Gasteiger partial charge in [-0.1, -0.05) is 24.3 Å². The molecule has 0 aliphatic carbocycles. The first-order valence-corrected chi connectivity index (χ1v) is 8.61. The molecule has 0 aromatic heterocycles. The van der Waals surface area contributed by atoms with Crippen molar-refractivity contribution in [3.05, 3.63) is 83.9 Å². The number of methoxy groups -OCH3 is 2. The molecule has 5 heteroatoms. The fourth-order valence-electron chi connectivity index (χ4n) is 2.69. The Labute approximate surface area is 158 Å². The van der Waals surface area contributed by atoms with Crippen LogP contribution in [0.15, 0.2) is 72.8 Å². The number of carbonyl (C=O) groups is 1. The van der Waals surface area contributed by atoms with Gasteiger partial charge in [0, 0.05) is 17.9 Å². The summed E-state index contributed by atoms with van der Waals surface area (Å²) in [5.74, 6) is 1.38. The van der Waals surface area contributed by atoms with E-state index in [1.54, 1.807) is 20.3 Å². The largest absolute Gasteiger partial charge is 0.497 e. The Hall–Kier alpha value is -3.47. The van der Waals surface area contributed by atoms with Crippen LogP contribution in [0.1, 0.15) is 15.9 Å². The van der Waals surface area contributed by atoms with E-state index in [0.29, 0.717) is 17.8 Å². The first kappa shape index (κ1) is 18.3. The predicted molar refractivity (Wildman–Crippen MR) is 108 cm³/mol. The van der Waals surface area contributed by atoms with Crippen LogP contribution >= 0.6 is 0 Å². The predicted octanol–water partition coefficient (Wildman–Crippen LogP) is 4.57. The number of ether oxygens (including phenoxy) is 2. The molecule has 0 aliphatic heterocycles. The molecule has 0 saturated heterocycles. The maximum atomic E-state index is 12.7. The van der Waals surface area contributed by atoms with E-state index in [0.717, 1.165) is 22.7 Å². The van der Waals surface area contributed by atoms with Crippen molar-refractivity contribution in [3.8, 4) is 11.5 Å². The highest BCUT2D eigenvalue weighted by atomic mass is 16.5. The zero-order valence-corrected chi connectivity index (χ0v) is 15.4. The van der Waals surface area contributed by atoms with Crippen LogP contribution in [0.4, 0.5) is 11.4 Å². The van der Waals surface area contributed by atoms with Gasteiger partial charge in [0.05, 0.1) is 19.8 Å². The topological polar surface area (TPSA) is 59.6 Å². The van der Waals surface area contributed by atoms with Crippen molar-refractivity contribution in [2.75, 3.05) is 24.9 Å². The van der Waals surface area contributed by atoms with Gasteiger partial charge in [-0.25, -0.2) is 0 Å². The molecule has 1 amide bonds. The van der Waals surface area contributed by atoms with Gasteiger partial charge < -0.3 is 20.1 Å². The van der Waals surface area contributed by atoms with Crippen molar-refractivity contribution in [1.82, 2.24) is 0 Å². The normalized spacial score (nSPS) is 10.1. The van der Waals surface area contributed by atoms with Crippen LogP contribution in [-0.4, -0.2) is 20.1 Å². The zero-order valence-electron chi connectivity index (χ0n) is 15.4.